The second-order valence-corrected chi connectivity index (χ2v) is 8.22. The second kappa shape index (κ2) is 10.5. The summed E-state index contributed by atoms with van der Waals surface area (Å²) in [5.41, 5.74) is 5.78. The lowest BCUT2D eigenvalue weighted by molar-refractivity contribution is -0.00936. The highest BCUT2D eigenvalue weighted by Crippen LogP contribution is 2.44. The predicted octanol–water partition coefficient (Wildman–Crippen LogP) is 5.66. The van der Waals surface area contributed by atoms with E-state index in [4.69, 9.17) is 30.5 Å². The molecule has 0 bridgehead atoms. The monoisotopic (exact) mass is 410 g/mol. The Kier molecular flexibility index (Phi) is 8.66. The van der Waals surface area contributed by atoms with E-state index in [1.807, 2.05) is 0 Å². The van der Waals surface area contributed by atoms with Crippen molar-refractivity contribution in [2.24, 2.45) is 0 Å². The van der Waals surface area contributed by atoms with Gasteiger partial charge < -0.3 is 18.9 Å². The zero-order valence-electron chi connectivity index (χ0n) is 18.2. The van der Waals surface area contributed by atoms with Crippen LogP contribution in [0.15, 0.2) is 11.6 Å². The van der Waals surface area contributed by atoms with E-state index in [1.54, 1.807) is 7.11 Å². The van der Waals surface area contributed by atoms with Gasteiger partial charge in [0, 0.05) is 18.6 Å². The van der Waals surface area contributed by atoms with E-state index < -0.39 is 0 Å². The summed E-state index contributed by atoms with van der Waals surface area (Å²) in [6, 6.07) is 0. The van der Waals surface area contributed by atoms with Crippen molar-refractivity contribution in [1.82, 2.24) is 0 Å². The van der Waals surface area contributed by atoms with Gasteiger partial charge in [0.15, 0.2) is 6.79 Å². The summed E-state index contributed by atoms with van der Waals surface area (Å²) in [6.45, 7) is 11.9. The Bertz CT molecular complexity index is 699. The molecule has 1 atom stereocenters. The van der Waals surface area contributed by atoms with Crippen LogP contribution in [0.4, 0.5) is 0 Å². The van der Waals surface area contributed by atoms with Gasteiger partial charge in [-0.3, -0.25) is 0 Å². The van der Waals surface area contributed by atoms with Gasteiger partial charge in [-0.05, 0) is 77.0 Å². The van der Waals surface area contributed by atoms with Crippen LogP contribution in [-0.2, 0) is 15.9 Å². The van der Waals surface area contributed by atoms with Crippen LogP contribution < -0.4 is 9.47 Å². The molecular formula is C23H35ClO4. The first-order valence-electron chi connectivity index (χ1n) is 10.1. The number of allylic oxidation sites excluding steroid dienone is 2. The average molecular weight is 411 g/mol. The van der Waals surface area contributed by atoms with Crippen molar-refractivity contribution in [2.75, 3.05) is 33.0 Å². The summed E-state index contributed by atoms with van der Waals surface area (Å²) in [4.78, 5) is 0. The summed E-state index contributed by atoms with van der Waals surface area (Å²) in [5.74, 6) is 2.55. The molecule has 1 aromatic carbocycles. The fourth-order valence-corrected chi connectivity index (χ4v) is 3.76. The highest BCUT2D eigenvalue weighted by atomic mass is 35.5. The van der Waals surface area contributed by atoms with E-state index in [-0.39, 0.29) is 12.4 Å². The zero-order chi connectivity index (χ0) is 20.7. The fraction of sp³-hybridized carbons (Fsp3) is 0.652. The molecule has 0 amide bonds. The quantitative estimate of drug-likeness (QED) is 0.216. The highest BCUT2D eigenvalue weighted by Gasteiger charge is 2.34. The largest absolute Gasteiger partial charge is 0.487 e. The van der Waals surface area contributed by atoms with Crippen LogP contribution in [0.3, 0.4) is 0 Å². The molecule has 5 heteroatoms. The van der Waals surface area contributed by atoms with Crippen LogP contribution in [0, 0.1) is 20.8 Å². The van der Waals surface area contributed by atoms with Gasteiger partial charge in [0.25, 0.3) is 0 Å². The van der Waals surface area contributed by atoms with Crippen molar-refractivity contribution < 1.29 is 18.9 Å². The number of alkyl halides is 1. The molecule has 1 aliphatic rings. The highest BCUT2D eigenvalue weighted by molar-refractivity contribution is 6.19. The molecule has 0 radical (unpaired) electrons. The Morgan fingerprint density at radius 2 is 1.93 bits per heavy atom. The van der Waals surface area contributed by atoms with E-state index in [0.29, 0.717) is 19.1 Å². The normalized spacial score (nSPS) is 19.3. The number of hydrogen-bond donors (Lipinski definition) is 0. The Balaban J connectivity index is 2.14. The van der Waals surface area contributed by atoms with Gasteiger partial charge >= 0.3 is 0 Å². The molecule has 28 heavy (non-hydrogen) atoms. The van der Waals surface area contributed by atoms with Crippen LogP contribution in [-0.4, -0.2) is 38.6 Å². The Morgan fingerprint density at radius 1 is 1.18 bits per heavy atom. The molecule has 0 aliphatic carbocycles. The summed E-state index contributed by atoms with van der Waals surface area (Å²) in [6.07, 6.45) is 6.20. The van der Waals surface area contributed by atoms with Crippen LogP contribution >= 0.6 is 11.6 Å². The van der Waals surface area contributed by atoms with E-state index in [1.165, 1.54) is 11.1 Å². The van der Waals surface area contributed by atoms with Crippen molar-refractivity contribution in [3.8, 4) is 11.5 Å². The Labute approximate surface area is 175 Å². The lowest BCUT2D eigenvalue weighted by Crippen LogP contribution is -2.37. The Hall–Kier alpha value is -1.23. The van der Waals surface area contributed by atoms with Crippen LogP contribution in [0.25, 0.3) is 0 Å². The number of benzene rings is 1. The van der Waals surface area contributed by atoms with E-state index >= 15 is 0 Å². The predicted molar refractivity (Wildman–Crippen MR) is 115 cm³/mol. The Morgan fingerprint density at radius 3 is 2.61 bits per heavy atom. The molecule has 0 saturated carbocycles. The number of hydrogen-bond acceptors (Lipinski definition) is 4. The summed E-state index contributed by atoms with van der Waals surface area (Å²) in [5, 5.41) is 0. The van der Waals surface area contributed by atoms with Gasteiger partial charge in [0.2, 0.25) is 0 Å². The van der Waals surface area contributed by atoms with Gasteiger partial charge in [-0.1, -0.05) is 11.6 Å². The fourth-order valence-electron chi connectivity index (χ4n) is 3.65. The SMILES string of the molecule is COCCOCOc1c(C)c(C)c2c(c1C)CCC(C)(CC/C=C(\C)CCl)O2. The van der Waals surface area contributed by atoms with E-state index in [0.717, 1.165) is 53.9 Å². The molecule has 0 saturated heterocycles. The zero-order valence-corrected chi connectivity index (χ0v) is 19.0. The summed E-state index contributed by atoms with van der Waals surface area (Å²) in [7, 11) is 1.66. The first kappa shape index (κ1) is 23.1. The maximum absolute atomic E-state index is 6.57. The van der Waals surface area contributed by atoms with Crippen molar-refractivity contribution >= 4 is 11.6 Å². The van der Waals surface area contributed by atoms with E-state index in [9.17, 15) is 0 Å². The molecule has 0 fully saturated rings. The minimum atomic E-state index is -0.147. The van der Waals surface area contributed by atoms with Crippen molar-refractivity contribution in [2.45, 2.75) is 65.9 Å². The molecule has 1 aliphatic heterocycles. The third-order valence-corrected chi connectivity index (χ3v) is 6.08. The molecule has 158 valence electrons. The van der Waals surface area contributed by atoms with Crippen LogP contribution in [0.5, 0.6) is 11.5 Å². The lowest BCUT2D eigenvalue weighted by Gasteiger charge is -2.38. The average Bonchev–Trinajstić information content (AvgIpc) is 2.68. The number of halogens is 1. The second-order valence-electron chi connectivity index (χ2n) is 7.95. The molecule has 1 unspecified atom stereocenters. The van der Waals surface area contributed by atoms with Gasteiger partial charge in [-0.15, -0.1) is 11.6 Å². The van der Waals surface area contributed by atoms with Crippen LogP contribution in [0.2, 0.25) is 0 Å². The van der Waals surface area contributed by atoms with Gasteiger partial charge in [-0.2, -0.15) is 0 Å². The molecule has 0 aromatic heterocycles. The molecule has 1 aromatic rings. The molecule has 0 N–H and O–H groups in total. The smallest absolute Gasteiger partial charge is 0.189 e. The van der Waals surface area contributed by atoms with Gasteiger partial charge in [0.1, 0.15) is 17.1 Å². The third-order valence-electron chi connectivity index (χ3n) is 5.66. The lowest BCUT2D eigenvalue weighted by atomic mass is 9.85. The van der Waals surface area contributed by atoms with Crippen molar-refractivity contribution in [3.05, 3.63) is 33.9 Å². The first-order chi connectivity index (χ1) is 13.3. The maximum atomic E-state index is 6.57. The number of ether oxygens (including phenoxy) is 4. The van der Waals surface area contributed by atoms with E-state index in [2.05, 4.69) is 40.7 Å². The first-order valence-corrected chi connectivity index (χ1v) is 10.6. The number of rotatable bonds is 10. The van der Waals surface area contributed by atoms with Gasteiger partial charge in [0.05, 0.1) is 13.2 Å². The topological polar surface area (TPSA) is 36.9 Å². The minimum Gasteiger partial charge on any atom is -0.487 e. The molecule has 1 heterocycles. The van der Waals surface area contributed by atoms with Crippen molar-refractivity contribution in [3.63, 3.8) is 0 Å². The minimum absolute atomic E-state index is 0.147. The molecule has 0 spiro atoms. The standard InChI is InChI=1S/C23H35ClO4/c1-16(14-24)8-7-10-23(5)11-9-20-19(4)21(27-15-26-13-12-25-6)17(2)18(3)22(20)28-23/h8H,7,9-15H2,1-6H3/b16-8+. The van der Waals surface area contributed by atoms with Crippen molar-refractivity contribution in [1.29, 1.82) is 0 Å². The third kappa shape index (κ3) is 5.65. The number of fused-ring (bicyclic) bond motifs is 1. The number of methoxy groups -OCH3 is 1. The summed E-state index contributed by atoms with van der Waals surface area (Å²) >= 11 is 5.88. The molecule has 4 nitrogen and oxygen atoms in total. The molecular weight excluding hydrogens is 376 g/mol. The maximum Gasteiger partial charge on any atom is 0.189 e. The van der Waals surface area contributed by atoms with Gasteiger partial charge in [-0.25, -0.2) is 0 Å². The molecule has 2 rings (SSSR count). The summed E-state index contributed by atoms with van der Waals surface area (Å²) < 4.78 is 23.0. The van der Waals surface area contributed by atoms with Crippen LogP contribution in [0.1, 0.15) is 55.4 Å².